The van der Waals surface area contributed by atoms with E-state index in [9.17, 15) is 23.1 Å². The van der Waals surface area contributed by atoms with E-state index in [2.05, 4.69) is 20.6 Å². The highest BCUT2D eigenvalue weighted by molar-refractivity contribution is 7.22. The molecule has 3 heterocycles. The first-order chi connectivity index (χ1) is 15.4. The predicted molar refractivity (Wildman–Crippen MR) is 115 cm³/mol. The van der Waals surface area contributed by atoms with E-state index < -0.39 is 18.5 Å². The van der Waals surface area contributed by atoms with Gasteiger partial charge in [-0.05, 0) is 32.4 Å². The largest absolute Gasteiger partial charge is 0.506 e. The number of amides is 1. The van der Waals surface area contributed by atoms with Crippen molar-refractivity contribution in [3.63, 3.8) is 0 Å². The minimum absolute atomic E-state index is 0.0289. The summed E-state index contributed by atoms with van der Waals surface area (Å²) in [7, 11) is 0. The number of hydrogen-bond donors (Lipinski definition) is 2. The van der Waals surface area contributed by atoms with E-state index in [0.29, 0.717) is 10.3 Å². The van der Waals surface area contributed by atoms with Gasteiger partial charge in [0.1, 0.15) is 5.75 Å². The summed E-state index contributed by atoms with van der Waals surface area (Å²) in [5, 5.41) is 20.9. The van der Waals surface area contributed by atoms with Crippen molar-refractivity contribution in [3.05, 3.63) is 47.6 Å². The number of carbonyl (C=O) groups is 1. The van der Waals surface area contributed by atoms with Crippen LogP contribution in [0.25, 0.3) is 20.8 Å². The number of halogens is 3. The van der Waals surface area contributed by atoms with E-state index in [-0.39, 0.29) is 45.4 Å². The average molecular weight is 479 g/mol. The molecular formula is C21H20F3N5O3S. The van der Waals surface area contributed by atoms with Gasteiger partial charge in [0.05, 0.1) is 39.8 Å². The van der Waals surface area contributed by atoms with Crippen LogP contribution in [0.5, 0.6) is 5.75 Å². The Bertz CT molecular complexity index is 1320. The first-order valence-electron chi connectivity index (χ1n) is 9.89. The minimum atomic E-state index is -4.47. The van der Waals surface area contributed by atoms with Crippen LogP contribution in [0.2, 0.25) is 0 Å². The summed E-state index contributed by atoms with van der Waals surface area (Å²) >= 11 is 0.951. The normalized spacial score (nSPS) is 12.4. The molecule has 0 bridgehead atoms. The number of benzene rings is 1. The van der Waals surface area contributed by atoms with Crippen LogP contribution >= 0.6 is 11.3 Å². The molecule has 1 aromatic carbocycles. The Balaban J connectivity index is 1.56. The van der Waals surface area contributed by atoms with Gasteiger partial charge >= 0.3 is 6.18 Å². The summed E-state index contributed by atoms with van der Waals surface area (Å²) in [4.78, 5) is 16.7. The number of hydrogen-bond acceptors (Lipinski definition) is 7. The molecule has 0 saturated heterocycles. The number of alkyl halides is 3. The Hall–Kier alpha value is -3.41. The molecule has 2 N–H and O–H groups in total. The lowest BCUT2D eigenvalue weighted by molar-refractivity contribution is -0.126. The van der Waals surface area contributed by atoms with Crippen LogP contribution in [0.3, 0.4) is 0 Å². The quantitative estimate of drug-likeness (QED) is 0.432. The van der Waals surface area contributed by atoms with Crippen LogP contribution in [0.1, 0.15) is 42.6 Å². The summed E-state index contributed by atoms with van der Waals surface area (Å²) < 4.78 is 46.8. The Labute approximate surface area is 190 Å². The molecule has 0 unspecified atom stereocenters. The second kappa shape index (κ2) is 8.18. The maximum Gasteiger partial charge on any atom is 0.393 e. The maximum absolute atomic E-state index is 13.2. The number of aromatic hydroxyl groups is 1. The Kier molecular flexibility index (Phi) is 5.64. The Morgan fingerprint density at radius 3 is 2.70 bits per heavy atom. The molecule has 4 rings (SSSR count). The van der Waals surface area contributed by atoms with Crippen molar-refractivity contribution in [1.29, 1.82) is 0 Å². The molecule has 1 amide bonds. The minimum Gasteiger partial charge on any atom is -0.506 e. The third kappa shape index (κ3) is 4.85. The molecule has 33 heavy (non-hydrogen) atoms. The van der Waals surface area contributed by atoms with Gasteiger partial charge in [-0.1, -0.05) is 17.3 Å². The van der Waals surface area contributed by atoms with E-state index in [1.54, 1.807) is 10.9 Å². The molecule has 0 radical (unpaired) electrons. The number of rotatable bonds is 5. The molecule has 0 atom stereocenters. The number of nitrogens with zero attached hydrogens (tertiary/aromatic N) is 4. The second-order valence-corrected chi connectivity index (χ2v) is 9.41. The van der Waals surface area contributed by atoms with Crippen LogP contribution < -0.4 is 5.32 Å². The van der Waals surface area contributed by atoms with Crippen LogP contribution in [0.4, 0.5) is 13.2 Å². The fraction of sp³-hybridized carbons (Fsp3) is 0.333. The Morgan fingerprint density at radius 1 is 1.27 bits per heavy atom. The number of aromatic nitrogens is 4. The highest BCUT2D eigenvalue weighted by Gasteiger charge is 2.32. The zero-order valence-corrected chi connectivity index (χ0v) is 18.7. The van der Waals surface area contributed by atoms with E-state index in [0.717, 1.165) is 11.3 Å². The molecular weight excluding hydrogens is 459 g/mol. The standard InChI is InChI=1S/C21H20F3N5O3S/c1-20(2,3)29-10-11(8-26-29)19(31)25-9-15-27-18(28-32-15)17-13(7-21(22,23)24)12-5-4-6-14(30)16(12)33-17/h4-6,8,10,30H,7,9H2,1-3H3,(H,25,31). The van der Waals surface area contributed by atoms with Gasteiger partial charge in [0, 0.05) is 11.6 Å². The van der Waals surface area contributed by atoms with Crippen molar-refractivity contribution in [2.45, 2.75) is 45.5 Å². The smallest absolute Gasteiger partial charge is 0.393 e. The molecule has 12 heteroatoms. The zero-order chi connectivity index (χ0) is 24.0. The zero-order valence-electron chi connectivity index (χ0n) is 17.9. The number of carbonyl (C=O) groups excluding carboxylic acids is 1. The van der Waals surface area contributed by atoms with Gasteiger partial charge in [-0.2, -0.15) is 23.3 Å². The third-order valence-corrected chi connectivity index (χ3v) is 6.04. The molecule has 8 nitrogen and oxygen atoms in total. The number of nitrogens with one attached hydrogen (secondary N) is 1. The van der Waals surface area contributed by atoms with Crippen molar-refractivity contribution in [2.75, 3.05) is 0 Å². The summed E-state index contributed by atoms with van der Waals surface area (Å²) in [6.45, 7) is 5.73. The first kappa shape index (κ1) is 22.8. The molecule has 0 aliphatic heterocycles. The number of phenols is 1. The summed E-state index contributed by atoms with van der Waals surface area (Å²) in [6.07, 6.45) is -2.62. The number of phenolic OH excluding ortho intramolecular Hbond substituents is 1. The lowest BCUT2D eigenvalue weighted by Gasteiger charge is -2.18. The monoisotopic (exact) mass is 479 g/mol. The fourth-order valence-corrected chi connectivity index (χ4v) is 4.35. The van der Waals surface area contributed by atoms with Crippen molar-refractivity contribution >= 4 is 27.3 Å². The maximum atomic E-state index is 13.2. The lowest BCUT2D eigenvalue weighted by atomic mass is 10.1. The molecule has 0 fully saturated rings. The molecule has 0 saturated carbocycles. The average Bonchev–Trinajstić information content (AvgIpc) is 3.44. The van der Waals surface area contributed by atoms with Gasteiger partial charge in [-0.25, -0.2) is 0 Å². The van der Waals surface area contributed by atoms with Gasteiger partial charge in [0.15, 0.2) is 0 Å². The molecule has 0 aliphatic rings. The number of fused-ring (bicyclic) bond motifs is 1. The Morgan fingerprint density at radius 2 is 2.03 bits per heavy atom. The van der Waals surface area contributed by atoms with Gasteiger partial charge in [0.25, 0.3) is 5.91 Å². The van der Waals surface area contributed by atoms with E-state index in [1.165, 1.54) is 24.4 Å². The van der Waals surface area contributed by atoms with Gasteiger partial charge < -0.3 is 14.9 Å². The van der Waals surface area contributed by atoms with E-state index >= 15 is 0 Å². The number of thiophene rings is 1. The van der Waals surface area contributed by atoms with E-state index in [4.69, 9.17) is 4.52 Å². The lowest BCUT2D eigenvalue weighted by Crippen LogP contribution is -2.24. The highest BCUT2D eigenvalue weighted by Crippen LogP contribution is 2.43. The van der Waals surface area contributed by atoms with Gasteiger partial charge in [-0.3, -0.25) is 9.48 Å². The second-order valence-electron chi connectivity index (χ2n) is 8.39. The molecule has 0 aliphatic carbocycles. The topological polar surface area (TPSA) is 106 Å². The summed E-state index contributed by atoms with van der Waals surface area (Å²) in [5.41, 5.74) is 0.0219. The van der Waals surface area contributed by atoms with Crippen LogP contribution in [-0.4, -0.2) is 37.1 Å². The SMILES string of the molecule is CC(C)(C)n1cc(C(=O)NCc2nc(-c3sc4c(O)cccc4c3CC(F)(F)F)no2)cn1. The molecule has 174 valence electrons. The van der Waals surface area contributed by atoms with Crippen molar-refractivity contribution in [3.8, 4) is 16.5 Å². The van der Waals surface area contributed by atoms with Crippen LogP contribution in [-0.2, 0) is 18.5 Å². The molecule has 0 spiro atoms. The summed E-state index contributed by atoms with van der Waals surface area (Å²) in [6, 6.07) is 4.39. The fourth-order valence-electron chi connectivity index (χ4n) is 3.20. The van der Waals surface area contributed by atoms with Crippen LogP contribution in [0.15, 0.2) is 35.1 Å². The van der Waals surface area contributed by atoms with Gasteiger partial charge in [0.2, 0.25) is 11.7 Å². The van der Waals surface area contributed by atoms with Crippen molar-refractivity contribution < 1.29 is 27.6 Å². The molecule has 3 aromatic heterocycles. The first-order valence-corrected chi connectivity index (χ1v) is 10.7. The predicted octanol–water partition coefficient (Wildman–Crippen LogP) is 4.64. The highest BCUT2D eigenvalue weighted by atomic mass is 32.1. The third-order valence-electron chi connectivity index (χ3n) is 4.78. The van der Waals surface area contributed by atoms with Crippen LogP contribution in [0, 0.1) is 0 Å². The van der Waals surface area contributed by atoms with Gasteiger partial charge in [-0.15, -0.1) is 11.3 Å². The van der Waals surface area contributed by atoms with Crippen molar-refractivity contribution in [2.24, 2.45) is 0 Å². The van der Waals surface area contributed by atoms with E-state index in [1.807, 2.05) is 20.8 Å². The molecule has 4 aromatic rings. The van der Waals surface area contributed by atoms with Crippen molar-refractivity contribution in [1.82, 2.24) is 25.2 Å². The summed E-state index contributed by atoms with van der Waals surface area (Å²) in [5.74, 6) is -0.547.